The molecule has 0 spiro atoms. The van der Waals surface area contributed by atoms with Crippen molar-refractivity contribution in [2.24, 2.45) is 12.8 Å². The van der Waals surface area contributed by atoms with E-state index in [0.29, 0.717) is 0 Å². The summed E-state index contributed by atoms with van der Waals surface area (Å²) >= 11 is 0. The van der Waals surface area contributed by atoms with E-state index < -0.39 is 0 Å². The molecule has 0 aliphatic carbocycles. The topological polar surface area (TPSA) is 64.2 Å². The summed E-state index contributed by atoms with van der Waals surface area (Å²) in [6.07, 6.45) is 0.962. The minimum Gasteiger partial charge on any atom is -0.341 e. The van der Waals surface area contributed by atoms with Gasteiger partial charge in [-0.15, -0.1) is 0 Å². The highest BCUT2D eigenvalue weighted by Gasteiger charge is 2.22. The molecule has 2 rings (SSSR count). The fourth-order valence-corrected chi connectivity index (χ4v) is 1.89. The van der Waals surface area contributed by atoms with Crippen LogP contribution in [-0.2, 0) is 7.05 Å². The summed E-state index contributed by atoms with van der Waals surface area (Å²) in [6.45, 7) is 3.50. The molecular weight excluding hydrogens is 192 g/mol. The van der Waals surface area contributed by atoms with Crippen molar-refractivity contribution >= 4 is 5.95 Å². The van der Waals surface area contributed by atoms with Gasteiger partial charge in [-0.25, -0.2) is 4.98 Å². The summed E-state index contributed by atoms with van der Waals surface area (Å²) < 4.78 is 1.57. The van der Waals surface area contributed by atoms with Crippen molar-refractivity contribution in [1.29, 1.82) is 0 Å². The van der Waals surface area contributed by atoms with Crippen molar-refractivity contribution in [3.63, 3.8) is 0 Å². The average molecular weight is 208 g/mol. The first kappa shape index (κ1) is 10.2. The number of rotatable bonds is 1. The van der Waals surface area contributed by atoms with Gasteiger partial charge in [-0.3, -0.25) is 9.36 Å². The van der Waals surface area contributed by atoms with Gasteiger partial charge in [0.2, 0.25) is 5.95 Å². The van der Waals surface area contributed by atoms with Gasteiger partial charge < -0.3 is 10.6 Å². The molecule has 82 valence electrons. The molecule has 1 aliphatic heterocycles. The van der Waals surface area contributed by atoms with E-state index in [1.54, 1.807) is 17.7 Å². The molecule has 15 heavy (non-hydrogen) atoms. The van der Waals surface area contributed by atoms with Crippen molar-refractivity contribution in [2.75, 3.05) is 18.0 Å². The van der Waals surface area contributed by atoms with Crippen LogP contribution in [-0.4, -0.2) is 28.7 Å². The van der Waals surface area contributed by atoms with Gasteiger partial charge in [-0.1, -0.05) is 0 Å². The van der Waals surface area contributed by atoms with Gasteiger partial charge in [-0.05, 0) is 13.3 Å². The first-order chi connectivity index (χ1) is 7.08. The molecular formula is C10H16N4O. The number of hydrogen-bond acceptors (Lipinski definition) is 4. The molecule has 5 nitrogen and oxygen atoms in total. The molecule has 1 saturated heterocycles. The molecule has 0 bridgehead atoms. The van der Waals surface area contributed by atoms with Crippen LogP contribution in [0.1, 0.15) is 12.1 Å². The Kier molecular flexibility index (Phi) is 2.48. The Morgan fingerprint density at radius 1 is 1.60 bits per heavy atom. The molecule has 2 N–H and O–H groups in total. The van der Waals surface area contributed by atoms with Crippen LogP contribution < -0.4 is 16.2 Å². The van der Waals surface area contributed by atoms with Crippen LogP contribution in [0.5, 0.6) is 0 Å². The van der Waals surface area contributed by atoms with Crippen LogP contribution in [0.4, 0.5) is 5.95 Å². The second-order valence-electron chi connectivity index (χ2n) is 4.09. The highest BCUT2D eigenvalue weighted by atomic mass is 16.1. The smallest absolute Gasteiger partial charge is 0.254 e. The standard InChI is InChI=1S/C10H16N4O/c1-7-5-9(15)13(2)10(12-7)14-4-3-8(11)6-14/h5,8H,3-4,6,11H2,1-2H3/t8-/m0/s1. The van der Waals surface area contributed by atoms with E-state index in [4.69, 9.17) is 5.73 Å². The SMILES string of the molecule is Cc1cc(=O)n(C)c(N2CC[C@H](N)C2)n1. The zero-order valence-electron chi connectivity index (χ0n) is 9.10. The quantitative estimate of drug-likeness (QED) is 0.683. The highest BCUT2D eigenvalue weighted by Crippen LogP contribution is 2.15. The zero-order chi connectivity index (χ0) is 11.0. The lowest BCUT2D eigenvalue weighted by Gasteiger charge is -2.19. The lowest BCUT2D eigenvalue weighted by Crippen LogP contribution is -2.32. The van der Waals surface area contributed by atoms with Gasteiger partial charge in [-0.2, -0.15) is 0 Å². The summed E-state index contributed by atoms with van der Waals surface area (Å²) in [7, 11) is 1.74. The average Bonchev–Trinajstić information content (AvgIpc) is 2.58. The number of aromatic nitrogens is 2. The molecule has 1 aromatic rings. The minimum absolute atomic E-state index is 0.0158. The van der Waals surface area contributed by atoms with E-state index in [1.165, 1.54) is 0 Å². The molecule has 0 unspecified atom stereocenters. The second kappa shape index (κ2) is 3.66. The fraction of sp³-hybridized carbons (Fsp3) is 0.600. The van der Waals surface area contributed by atoms with E-state index in [9.17, 15) is 4.79 Å². The lowest BCUT2D eigenvalue weighted by molar-refractivity contribution is 0.733. The van der Waals surface area contributed by atoms with Crippen LogP contribution in [0.3, 0.4) is 0 Å². The Bertz CT molecular complexity index is 426. The first-order valence-corrected chi connectivity index (χ1v) is 5.13. The maximum atomic E-state index is 11.6. The molecule has 0 amide bonds. The summed E-state index contributed by atoms with van der Waals surface area (Å²) in [4.78, 5) is 18.0. The predicted octanol–water partition coefficient (Wildman–Crippen LogP) is -0.374. The van der Waals surface area contributed by atoms with Crippen LogP contribution in [0.25, 0.3) is 0 Å². The summed E-state index contributed by atoms with van der Waals surface area (Å²) in [6, 6.07) is 1.74. The maximum Gasteiger partial charge on any atom is 0.254 e. The van der Waals surface area contributed by atoms with E-state index in [1.807, 2.05) is 6.92 Å². The van der Waals surface area contributed by atoms with Crippen molar-refractivity contribution in [3.8, 4) is 0 Å². The van der Waals surface area contributed by atoms with Gasteiger partial charge in [0.05, 0.1) is 0 Å². The first-order valence-electron chi connectivity index (χ1n) is 5.13. The maximum absolute atomic E-state index is 11.6. The molecule has 0 radical (unpaired) electrons. The molecule has 5 heteroatoms. The molecule has 0 saturated carbocycles. The van der Waals surface area contributed by atoms with E-state index in [2.05, 4.69) is 9.88 Å². The third-order valence-corrected chi connectivity index (χ3v) is 2.75. The van der Waals surface area contributed by atoms with E-state index >= 15 is 0 Å². The Morgan fingerprint density at radius 3 is 2.93 bits per heavy atom. The Hall–Kier alpha value is -1.36. The van der Waals surface area contributed by atoms with Crippen molar-refractivity contribution in [1.82, 2.24) is 9.55 Å². The molecule has 1 aliphatic rings. The largest absolute Gasteiger partial charge is 0.341 e. The van der Waals surface area contributed by atoms with Gasteiger partial charge in [0.15, 0.2) is 0 Å². The second-order valence-corrected chi connectivity index (χ2v) is 4.09. The number of anilines is 1. The van der Waals surface area contributed by atoms with Gasteiger partial charge in [0, 0.05) is 37.9 Å². The molecule has 1 fully saturated rings. The zero-order valence-corrected chi connectivity index (χ0v) is 9.10. The van der Waals surface area contributed by atoms with Crippen molar-refractivity contribution in [2.45, 2.75) is 19.4 Å². The van der Waals surface area contributed by atoms with Gasteiger partial charge in [0.1, 0.15) is 0 Å². The highest BCUT2D eigenvalue weighted by molar-refractivity contribution is 5.34. The Balaban J connectivity index is 2.39. The Morgan fingerprint density at radius 2 is 2.33 bits per heavy atom. The summed E-state index contributed by atoms with van der Waals surface area (Å²) in [5, 5.41) is 0. The minimum atomic E-state index is -0.0158. The van der Waals surface area contributed by atoms with E-state index in [0.717, 1.165) is 31.2 Å². The number of nitrogens with zero attached hydrogens (tertiary/aromatic N) is 3. The molecule has 1 aromatic heterocycles. The third-order valence-electron chi connectivity index (χ3n) is 2.75. The van der Waals surface area contributed by atoms with E-state index in [-0.39, 0.29) is 11.6 Å². The van der Waals surface area contributed by atoms with Crippen LogP contribution >= 0.6 is 0 Å². The fourth-order valence-electron chi connectivity index (χ4n) is 1.89. The van der Waals surface area contributed by atoms with Crippen molar-refractivity contribution < 1.29 is 0 Å². The molecule has 0 aromatic carbocycles. The third kappa shape index (κ3) is 1.87. The predicted molar refractivity (Wildman–Crippen MR) is 59.0 cm³/mol. The normalized spacial score (nSPS) is 21.0. The van der Waals surface area contributed by atoms with Crippen LogP contribution in [0.2, 0.25) is 0 Å². The number of hydrogen-bond donors (Lipinski definition) is 1. The monoisotopic (exact) mass is 208 g/mol. The molecule has 2 heterocycles. The number of aryl methyl sites for hydroxylation is 1. The summed E-state index contributed by atoms with van der Waals surface area (Å²) in [5.74, 6) is 0.730. The lowest BCUT2D eigenvalue weighted by atomic mass is 10.3. The van der Waals surface area contributed by atoms with Crippen LogP contribution in [0, 0.1) is 6.92 Å². The van der Waals surface area contributed by atoms with Gasteiger partial charge in [0.25, 0.3) is 5.56 Å². The number of nitrogens with two attached hydrogens (primary N) is 1. The summed E-state index contributed by atoms with van der Waals surface area (Å²) in [5.41, 5.74) is 6.57. The van der Waals surface area contributed by atoms with Crippen LogP contribution in [0.15, 0.2) is 10.9 Å². The van der Waals surface area contributed by atoms with Crippen molar-refractivity contribution in [3.05, 3.63) is 22.1 Å². The molecule has 1 atom stereocenters. The van der Waals surface area contributed by atoms with Gasteiger partial charge >= 0.3 is 0 Å². The Labute approximate surface area is 88.5 Å².